The van der Waals surface area contributed by atoms with Crippen molar-refractivity contribution in [2.75, 3.05) is 0 Å². The summed E-state index contributed by atoms with van der Waals surface area (Å²) in [6.45, 7) is 3.80. The molecule has 2 rings (SSSR count). The summed E-state index contributed by atoms with van der Waals surface area (Å²) < 4.78 is 15.2. The smallest absolute Gasteiger partial charge is 0.261 e. The summed E-state index contributed by atoms with van der Waals surface area (Å²) in [4.78, 5) is 12.3. The van der Waals surface area contributed by atoms with Gasteiger partial charge in [0, 0.05) is 0 Å². The van der Waals surface area contributed by atoms with Gasteiger partial charge in [0.2, 0.25) is 0 Å². The van der Waals surface area contributed by atoms with Crippen LogP contribution < -0.4 is 5.43 Å². The Morgan fingerprint density at radius 1 is 1.60 bits per heavy atom. The molecule has 0 atom stereocenters. The fourth-order valence-electron chi connectivity index (χ4n) is 1.57. The van der Waals surface area contributed by atoms with Crippen molar-refractivity contribution in [1.29, 1.82) is 0 Å². The van der Waals surface area contributed by atoms with Gasteiger partial charge in [-0.05, 0) is 41.9 Å². The quantitative estimate of drug-likeness (QED) is 0.674. The Labute approximate surface area is 127 Å². The Bertz CT molecular complexity index is 664. The minimum atomic E-state index is -0.295. The Balaban J connectivity index is 1.92. The van der Waals surface area contributed by atoms with E-state index in [9.17, 15) is 9.18 Å². The Morgan fingerprint density at radius 2 is 2.35 bits per heavy atom. The number of thiophene rings is 1. The monoisotopic (exact) mass is 358 g/mol. The molecule has 0 aromatic carbocycles. The predicted octanol–water partition coefficient (Wildman–Crippen LogP) is 2.61. The summed E-state index contributed by atoms with van der Waals surface area (Å²) in [5, 5.41) is 7.72. The van der Waals surface area contributed by atoms with E-state index in [0.717, 1.165) is 27.2 Å². The number of carbonyl (C=O) groups excluding carboxylic acids is 1. The zero-order valence-corrected chi connectivity index (χ0v) is 13.3. The van der Waals surface area contributed by atoms with Crippen LogP contribution in [0.4, 0.5) is 4.39 Å². The van der Waals surface area contributed by atoms with Crippen molar-refractivity contribution in [2.45, 2.75) is 20.4 Å². The maximum Gasteiger partial charge on any atom is 0.261 e. The lowest BCUT2D eigenvalue weighted by atomic mass is 10.4. The molecule has 106 valence electrons. The van der Waals surface area contributed by atoms with Gasteiger partial charge in [0.25, 0.3) is 5.91 Å². The molecule has 0 bridgehead atoms. The van der Waals surface area contributed by atoms with Crippen molar-refractivity contribution in [2.24, 2.45) is 5.10 Å². The number of amides is 1. The van der Waals surface area contributed by atoms with E-state index in [2.05, 4.69) is 31.6 Å². The molecule has 0 aliphatic carbocycles. The number of aryl methyl sites for hydroxylation is 1. The Kier molecular flexibility index (Phi) is 4.66. The summed E-state index contributed by atoms with van der Waals surface area (Å²) in [6, 6.07) is 2.94. The first-order chi connectivity index (χ1) is 9.47. The number of aromatic nitrogens is 2. The average Bonchev–Trinajstić information content (AvgIpc) is 2.90. The van der Waals surface area contributed by atoms with Crippen LogP contribution in [0.25, 0.3) is 0 Å². The van der Waals surface area contributed by atoms with Crippen LogP contribution in [0.15, 0.2) is 21.7 Å². The van der Waals surface area contributed by atoms with Gasteiger partial charge in [0.05, 0.1) is 27.0 Å². The van der Waals surface area contributed by atoms with Gasteiger partial charge in [-0.2, -0.15) is 14.6 Å². The molecule has 0 aliphatic heterocycles. The van der Waals surface area contributed by atoms with Gasteiger partial charge < -0.3 is 0 Å². The first kappa shape index (κ1) is 14.9. The van der Waals surface area contributed by atoms with Crippen molar-refractivity contribution in [1.82, 2.24) is 15.2 Å². The van der Waals surface area contributed by atoms with E-state index in [1.54, 1.807) is 10.7 Å². The van der Waals surface area contributed by atoms with E-state index in [1.165, 1.54) is 12.3 Å². The maximum absolute atomic E-state index is 12.7. The molecule has 0 unspecified atom stereocenters. The average molecular weight is 359 g/mol. The Hall–Kier alpha value is -1.54. The lowest BCUT2D eigenvalue weighted by molar-refractivity contribution is -0.121. The number of halogens is 2. The fraction of sp³-hybridized carbons (Fsp3) is 0.250. The second kappa shape index (κ2) is 6.27. The van der Waals surface area contributed by atoms with Crippen molar-refractivity contribution in [3.8, 4) is 0 Å². The molecule has 0 spiro atoms. The summed E-state index contributed by atoms with van der Waals surface area (Å²) in [7, 11) is 0. The van der Waals surface area contributed by atoms with Gasteiger partial charge in [-0.3, -0.25) is 9.48 Å². The van der Waals surface area contributed by atoms with Crippen LogP contribution in [-0.2, 0) is 11.3 Å². The van der Waals surface area contributed by atoms with Gasteiger partial charge in [-0.25, -0.2) is 5.43 Å². The highest BCUT2D eigenvalue weighted by Gasteiger charge is 2.11. The second-order valence-electron chi connectivity index (χ2n) is 4.08. The van der Waals surface area contributed by atoms with Crippen LogP contribution in [0.5, 0.6) is 0 Å². The largest absolute Gasteiger partial charge is 0.271 e. The third kappa shape index (κ3) is 3.51. The lowest BCUT2D eigenvalue weighted by Gasteiger charge is -2.02. The van der Waals surface area contributed by atoms with E-state index in [4.69, 9.17) is 0 Å². The van der Waals surface area contributed by atoms with Crippen LogP contribution in [0, 0.1) is 19.0 Å². The van der Waals surface area contributed by atoms with Crippen LogP contribution in [0.3, 0.4) is 0 Å². The van der Waals surface area contributed by atoms with E-state index >= 15 is 0 Å². The van der Waals surface area contributed by atoms with Crippen LogP contribution >= 0.6 is 27.3 Å². The number of carbonyl (C=O) groups is 1. The fourth-order valence-corrected chi connectivity index (χ4v) is 2.45. The highest BCUT2D eigenvalue weighted by atomic mass is 79.9. The third-order valence-electron chi connectivity index (χ3n) is 2.56. The Morgan fingerprint density at radius 3 is 2.90 bits per heavy atom. The number of hydrazone groups is 1. The van der Waals surface area contributed by atoms with E-state index in [0.29, 0.717) is 4.88 Å². The molecule has 1 N–H and O–H groups in total. The summed E-state index contributed by atoms with van der Waals surface area (Å²) >= 11 is 4.36. The number of nitrogens with one attached hydrogen (secondary N) is 1. The van der Waals surface area contributed by atoms with E-state index in [1.807, 2.05) is 13.8 Å². The summed E-state index contributed by atoms with van der Waals surface area (Å²) in [6.07, 6.45) is 1.41. The van der Waals surface area contributed by atoms with Crippen LogP contribution in [-0.4, -0.2) is 21.9 Å². The number of rotatable bonds is 4. The van der Waals surface area contributed by atoms with Gasteiger partial charge >= 0.3 is 0 Å². The molecule has 1 amide bonds. The van der Waals surface area contributed by atoms with Crippen molar-refractivity contribution >= 4 is 39.4 Å². The molecule has 0 saturated heterocycles. The summed E-state index contributed by atoms with van der Waals surface area (Å²) in [5.74, 6) is -0.295. The number of hydrogen-bond donors (Lipinski definition) is 1. The van der Waals surface area contributed by atoms with Gasteiger partial charge in [0.1, 0.15) is 6.54 Å². The second-order valence-corrected chi connectivity index (χ2v) is 5.94. The molecule has 0 fully saturated rings. The highest BCUT2D eigenvalue weighted by Crippen LogP contribution is 2.19. The van der Waals surface area contributed by atoms with E-state index in [-0.39, 0.29) is 17.6 Å². The van der Waals surface area contributed by atoms with Crippen molar-refractivity contribution in [3.05, 3.63) is 38.0 Å². The molecular weight excluding hydrogens is 347 g/mol. The topological polar surface area (TPSA) is 59.3 Å². The zero-order valence-electron chi connectivity index (χ0n) is 10.9. The standard InChI is InChI=1S/C12H12BrFN4OS/c1-7-12(13)8(2)18(17-7)6-11(19)16-15-5-9-3-4-10(14)20-9/h3-5H,6H2,1-2H3,(H,16,19)/b15-5-. The molecule has 20 heavy (non-hydrogen) atoms. The number of hydrogen-bond acceptors (Lipinski definition) is 4. The molecule has 8 heteroatoms. The molecule has 0 saturated carbocycles. The third-order valence-corrected chi connectivity index (χ3v) is 4.52. The van der Waals surface area contributed by atoms with Crippen molar-refractivity contribution in [3.63, 3.8) is 0 Å². The van der Waals surface area contributed by atoms with Gasteiger partial charge in [-0.15, -0.1) is 11.3 Å². The minimum absolute atomic E-state index is 0.0778. The molecule has 0 aliphatic rings. The summed E-state index contributed by atoms with van der Waals surface area (Å²) in [5.41, 5.74) is 4.09. The predicted molar refractivity (Wildman–Crippen MR) is 79.4 cm³/mol. The first-order valence-electron chi connectivity index (χ1n) is 5.74. The van der Waals surface area contributed by atoms with Crippen molar-refractivity contribution < 1.29 is 9.18 Å². The maximum atomic E-state index is 12.7. The molecule has 2 heterocycles. The van der Waals surface area contributed by atoms with Gasteiger partial charge in [0.15, 0.2) is 5.13 Å². The SMILES string of the molecule is Cc1nn(CC(=O)N/N=C\c2ccc(F)s2)c(C)c1Br. The molecule has 2 aromatic heterocycles. The zero-order chi connectivity index (χ0) is 14.7. The van der Waals surface area contributed by atoms with E-state index < -0.39 is 0 Å². The van der Waals surface area contributed by atoms with Crippen LogP contribution in [0.2, 0.25) is 0 Å². The lowest BCUT2D eigenvalue weighted by Crippen LogP contribution is -2.24. The van der Waals surface area contributed by atoms with Gasteiger partial charge in [-0.1, -0.05) is 0 Å². The molecule has 2 aromatic rings. The molecular formula is C12H12BrFN4OS. The first-order valence-corrected chi connectivity index (χ1v) is 7.35. The highest BCUT2D eigenvalue weighted by molar-refractivity contribution is 9.10. The number of nitrogens with zero attached hydrogens (tertiary/aromatic N) is 3. The molecule has 5 nitrogen and oxygen atoms in total. The minimum Gasteiger partial charge on any atom is -0.271 e. The normalized spacial score (nSPS) is 11.2. The van der Waals surface area contributed by atoms with Crippen LogP contribution in [0.1, 0.15) is 16.3 Å². The molecule has 0 radical (unpaired) electrons.